The lowest BCUT2D eigenvalue weighted by molar-refractivity contribution is 0.425. The first-order valence-electron chi connectivity index (χ1n) is 5.92. The average molecular weight is 245 g/mol. The molecule has 0 atom stereocenters. The SMILES string of the molecule is CCc1nnc(Oc2ccc(O)cc2)nc1CC. The molecule has 1 N–H and O–H groups in total. The second-order valence-corrected chi connectivity index (χ2v) is 3.79. The smallest absolute Gasteiger partial charge is 0.341 e. The fourth-order valence-electron chi connectivity index (χ4n) is 1.58. The van der Waals surface area contributed by atoms with E-state index in [1.807, 2.05) is 13.8 Å². The van der Waals surface area contributed by atoms with Gasteiger partial charge in [0.25, 0.3) is 0 Å². The number of aromatic hydroxyl groups is 1. The highest BCUT2D eigenvalue weighted by atomic mass is 16.5. The van der Waals surface area contributed by atoms with Crippen LogP contribution in [0.3, 0.4) is 0 Å². The third kappa shape index (κ3) is 2.74. The zero-order valence-corrected chi connectivity index (χ0v) is 10.4. The summed E-state index contributed by atoms with van der Waals surface area (Å²) in [6.07, 6.45) is 1.60. The van der Waals surface area contributed by atoms with Crippen molar-refractivity contribution in [2.75, 3.05) is 0 Å². The van der Waals surface area contributed by atoms with Crippen molar-refractivity contribution in [3.8, 4) is 17.5 Å². The largest absolute Gasteiger partial charge is 0.508 e. The molecule has 0 aliphatic heterocycles. The number of hydrogen-bond donors (Lipinski definition) is 1. The van der Waals surface area contributed by atoms with Crippen LogP contribution < -0.4 is 4.74 Å². The molecule has 0 bridgehead atoms. The Bertz CT molecular complexity index is 526. The summed E-state index contributed by atoms with van der Waals surface area (Å²) in [4.78, 5) is 4.32. The summed E-state index contributed by atoms with van der Waals surface area (Å²) in [5.74, 6) is 0.762. The van der Waals surface area contributed by atoms with E-state index in [1.54, 1.807) is 24.3 Å². The van der Waals surface area contributed by atoms with Gasteiger partial charge in [-0.3, -0.25) is 0 Å². The third-order valence-electron chi connectivity index (χ3n) is 2.54. The summed E-state index contributed by atoms with van der Waals surface area (Å²) < 4.78 is 5.48. The van der Waals surface area contributed by atoms with Crippen molar-refractivity contribution in [2.24, 2.45) is 0 Å². The first-order valence-corrected chi connectivity index (χ1v) is 5.92. The van der Waals surface area contributed by atoms with Crippen LogP contribution in [0.2, 0.25) is 0 Å². The van der Waals surface area contributed by atoms with Gasteiger partial charge in [-0.15, -0.1) is 5.10 Å². The maximum atomic E-state index is 9.17. The highest BCUT2D eigenvalue weighted by Crippen LogP contribution is 2.20. The van der Waals surface area contributed by atoms with Crippen LogP contribution in [0.1, 0.15) is 25.2 Å². The van der Waals surface area contributed by atoms with E-state index in [0.717, 1.165) is 24.2 Å². The Kier molecular flexibility index (Phi) is 3.72. The molecule has 5 heteroatoms. The van der Waals surface area contributed by atoms with E-state index in [2.05, 4.69) is 15.2 Å². The molecule has 0 unspecified atom stereocenters. The van der Waals surface area contributed by atoms with Gasteiger partial charge in [-0.2, -0.15) is 4.98 Å². The van der Waals surface area contributed by atoms with Gasteiger partial charge in [0.1, 0.15) is 11.5 Å². The van der Waals surface area contributed by atoms with Crippen molar-refractivity contribution >= 4 is 0 Å². The van der Waals surface area contributed by atoms with Crippen molar-refractivity contribution in [3.63, 3.8) is 0 Å². The lowest BCUT2D eigenvalue weighted by Crippen LogP contribution is -2.04. The van der Waals surface area contributed by atoms with Crippen LogP contribution in [0.25, 0.3) is 0 Å². The van der Waals surface area contributed by atoms with Crippen molar-refractivity contribution in [1.29, 1.82) is 0 Å². The third-order valence-corrected chi connectivity index (χ3v) is 2.54. The zero-order valence-electron chi connectivity index (χ0n) is 10.4. The number of rotatable bonds is 4. The molecule has 0 saturated carbocycles. The summed E-state index contributed by atoms with van der Waals surface area (Å²) >= 11 is 0. The Morgan fingerprint density at radius 2 is 1.67 bits per heavy atom. The first kappa shape index (κ1) is 12.3. The summed E-state index contributed by atoms with van der Waals surface area (Å²) in [6.45, 7) is 4.04. The van der Waals surface area contributed by atoms with Crippen LogP contribution in [0.5, 0.6) is 17.5 Å². The Hall–Kier alpha value is -2.17. The number of phenolic OH excluding ortho intramolecular Hbond substituents is 1. The Balaban J connectivity index is 2.21. The van der Waals surface area contributed by atoms with Gasteiger partial charge in [0, 0.05) is 0 Å². The normalized spacial score (nSPS) is 10.3. The molecular weight excluding hydrogens is 230 g/mol. The minimum Gasteiger partial charge on any atom is -0.508 e. The molecule has 18 heavy (non-hydrogen) atoms. The lowest BCUT2D eigenvalue weighted by Gasteiger charge is -2.06. The number of aryl methyl sites for hydroxylation is 2. The summed E-state index contributed by atoms with van der Waals surface area (Å²) in [5.41, 5.74) is 1.80. The summed E-state index contributed by atoms with van der Waals surface area (Å²) in [5, 5.41) is 17.2. The number of hydrogen-bond acceptors (Lipinski definition) is 5. The van der Waals surface area contributed by atoms with E-state index in [-0.39, 0.29) is 11.8 Å². The van der Waals surface area contributed by atoms with Gasteiger partial charge in [-0.25, -0.2) is 0 Å². The minimum absolute atomic E-state index is 0.192. The molecule has 0 aliphatic carbocycles. The second-order valence-electron chi connectivity index (χ2n) is 3.79. The van der Waals surface area contributed by atoms with Crippen LogP contribution in [0, 0.1) is 0 Å². The second kappa shape index (κ2) is 5.44. The van der Waals surface area contributed by atoms with Crippen molar-refractivity contribution < 1.29 is 9.84 Å². The van der Waals surface area contributed by atoms with Crippen LogP contribution in [-0.2, 0) is 12.8 Å². The van der Waals surface area contributed by atoms with Crippen LogP contribution in [-0.4, -0.2) is 20.3 Å². The predicted octanol–water partition coefficient (Wildman–Crippen LogP) is 2.49. The van der Waals surface area contributed by atoms with E-state index in [9.17, 15) is 5.11 Å². The van der Waals surface area contributed by atoms with E-state index in [0.29, 0.717) is 5.75 Å². The van der Waals surface area contributed by atoms with Gasteiger partial charge < -0.3 is 9.84 Å². The Morgan fingerprint density at radius 1 is 1.00 bits per heavy atom. The molecule has 0 saturated heterocycles. The average Bonchev–Trinajstić information content (AvgIpc) is 2.41. The monoisotopic (exact) mass is 245 g/mol. The van der Waals surface area contributed by atoms with Crippen LogP contribution in [0.15, 0.2) is 24.3 Å². The van der Waals surface area contributed by atoms with E-state index in [4.69, 9.17) is 4.74 Å². The molecule has 0 fully saturated rings. The van der Waals surface area contributed by atoms with Crippen molar-refractivity contribution in [1.82, 2.24) is 15.2 Å². The number of ether oxygens (including phenoxy) is 1. The first-order chi connectivity index (χ1) is 8.72. The molecule has 1 aromatic carbocycles. The molecule has 0 amide bonds. The molecule has 0 spiro atoms. The molecule has 0 radical (unpaired) electrons. The Morgan fingerprint density at radius 3 is 2.28 bits per heavy atom. The minimum atomic E-state index is 0.192. The fourth-order valence-corrected chi connectivity index (χ4v) is 1.58. The molecule has 2 aromatic rings. The zero-order chi connectivity index (χ0) is 13.0. The molecular formula is C13H15N3O2. The topological polar surface area (TPSA) is 68.1 Å². The molecule has 1 heterocycles. The number of phenols is 1. The van der Waals surface area contributed by atoms with Crippen LogP contribution in [0.4, 0.5) is 0 Å². The molecule has 5 nitrogen and oxygen atoms in total. The Labute approximate surface area is 105 Å². The van der Waals surface area contributed by atoms with Gasteiger partial charge in [0.05, 0.1) is 11.4 Å². The standard InChI is InChI=1S/C13H15N3O2/c1-3-11-12(4-2)15-16-13(14-11)18-10-7-5-9(17)6-8-10/h5-8,17H,3-4H2,1-2H3. The van der Waals surface area contributed by atoms with E-state index in [1.165, 1.54) is 0 Å². The van der Waals surface area contributed by atoms with Crippen LogP contribution >= 0.6 is 0 Å². The van der Waals surface area contributed by atoms with Gasteiger partial charge in [-0.1, -0.05) is 18.9 Å². The maximum Gasteiger partial charge on any atom is 0.341 e. The van der Waals surface area contributed by atoms with Gasteiger partial charge in [-0.05, 0) is 37.1 Å². The van der Waals surface area contributed by atoms with Gasteiger partial charge >= 0.3 is 6.01 Å². The molecule has 0 aliphatic rings. The number of nitrogens with zero attached hydrogens (tertiary/aromatic N) is 3. The predicted molar refractivity (Wildman–Crippen MR) is 66.8 cm³/mol. The van der Waals surface area contributed by atoms with Crippen molar-refractivity contribution in [3.05, 3.63) is 35.7 Å². The fraction of sp³-hybridized carbons (Fsp3) is 0.308. The van der Waals surface area contributed by atoms with E-state index < -0.39 is 0 Å². The van der Waals surface area contributed by atoms with Crippen molar-refractivity contribution in [2.45, 2.75) is 26.7 Å². The van der Waals surface area contributed by atoms with Gasteiger partial charge in [0.15, 0.2) is 0 Å². The van der Waals surface area contributed by atoms with E-state index >= 15 is 0 Å². The molecule has 94 valence electrons. The van der Waals surface area contributed by atoms with Gasteiger partial charge in [0.2, 0.25) is 0 Å². The highest BCUT2D eigenvalue weighted by molar-refractivity contribution is 5.31. The number of aromatic nitrogens is 3. The lowest BCUT2D eigenvalue weighted by atomic mass is 10.2. The summed E-state index contributed by atoms with van der Waals surface area (Å²) in [7, 11) is 0. The number of benzene rings is 1. The quantitative estimate of drug-likeness (QED) is 0.896. The summed E-state index contributed by atoms with van der Waals surface area (Å²) in [6, 6.07) is 6.62. The maximum absolute atomic E-state index is 9.17. The highest BCUT2D eigenvalue weighted by Gasteiger charge is 2.07. The molecule has 2 rings (SSSR count). The molecule has 1 aromatic heterocycles.